The highest BCUT2D eigenvalue weighted by Crippen LogP contribution is 2.52. The topological polar surface area (TPSA) is 93.5 Å². The number of likely N-dealkylation sites (tertiary alicyclic amines) is 1. The van der Waals surface area contributed by atoms with Crippen molar-refractivity contribution in [2.75, 3.05) is 13.6 Å². The maximum atomic E-state index is 13.4. The van der Waals surface area contributed by atoms with E-state index in [9.17, 15) is 9.59 Å². The first kappa shape index (κ1) is 18.9. The Hall–Kier alpha value is -3.07. The van der Waals surface area contributed by atoms with Crippen LogP contribution in [0.2, 0.25) is 0 Å². The van der Waals surface area contributed by atoms with Gasteiger partial charge in [-0.05, 0) is 18.6 Å². The van der Waals surface area contributed by atoms with Crippen molar-refractivity contribution in [2.45, 2.75) is 38.3 Å². The second-order valence-electron chi connectivity index (χ2n) is 8.18. The lowest BCUT2D eigenvalue weighted by Crippen LogP contribution is -2.44. The largest absolute Gasteiger partial charge is 0.360 e. The normalized spacial score (nSPS) is 28.9. The number of amides is 2. The summed E-state index contributed by atoms with van der Waals surface area (Å²) in [7, 11) is 1.74. The molecule has 2 amide bonds. The molecule has 3 aliphatic rings. The number of carbonyl (C=O) groups is 2. The molecule has 156 valence electrons. The molecule has 9 nitrogen and oxygen atoms in total. The summed E-state index contributed by atoms with van der Waals surface area (Å²) >= 11 is 0. The van der Waals surface area contributed by atoms with Gasteiger partial charge >= 0.3 is 0 Å². The monoisotopic (exact) mass is 408 g/mol. The van der Waals surface area contributed by atoms with Gasteiger partial charge < -0.3 is 19.1 Å². The molecule has 4 atom stereocenters. The molecule has 0 aromatic carbocycles. The van der Waals surface area contributed by atoms with Crippen molar-refractivity contribution in [2.24, 2.45) is 11.8 Å². The predicted octanol–water partition coefficient (Wildman–Crippen LogP) is 0.634. The minimum absolute atomic E-state index is 0.0332. The number of fused-ring (bicyclic) bond motifs is 1. The second-order valence-corrected chi connectivity index (χ2v) is 8.18. The third-order valence-corrected chi connectivity index (χ3v) is 6.35. The number of ether oxygens (including phenoxy) is 1. The van der Waals surface area contributed by atoms with E-state index in [1.165, 1.54) is 0 Å². The van der Waals surface area contributed by atoms with Gasteiger partial charge in [-0.2, -0.15) is 0 Å². The molecule has 2 aromatic rings. The fraction of sp³-hybridized carbons (Fsp3) is 0.476. The van der Waals surface area contributed by atoms with E-state index in [0.717, 1.165) is 17.9 Å². The highest BCUT2D eigenvalue weighted by Gasteiger charge is 2.67. The Kier molecular flexibility index (Phi) is 4.43. The Balaban J connectivity index is 1.36. The molecule has 2 saturated heterocycles. The summed E-state index contributed by atoms with van der Waals surface area (Å²) in [4.78, 5) is 34.2. The number of aromatic nitrogens is 4. The Bertz CT molecular complexity index is 1010. The molecule has 30 heavy (non-hydrogen) atoms. The van der Waals surface area contributed by atoms with Crippen LogP contribution in [0.4, 0.5) is 0 Å². The lowest BCUT2D eigenvalue weighted by Gasteiger charge is -2.27. The van der Waals surface area contributed by atoms with Gasteiger partial charge in [0.2, 0.25) is 11.8 Å². The van der Waals surface area contributed by atoms with Crippen molar-refractivity contribution in [1.29, 1.82) is 0 Å². The summed E-state index contributed by atoms with van der Waals surface area (Å²) < 4.78 is 8.12. The van der Waals surface area contributed by atoms with E-state index in [1.54, 1.807) is 35.6 Å². The smallest absolute Gasteiger partial charge is 0.230 e. The van der Waals surface area contributed by atoms with Crippen LogP contribution in [0.25, 0.3) is 0 Å². The minimum Gasteiger partial charge on any atom is -0.360 e. The van der Waals surface area contributed by atoms with Gasteiger partial charge in [-0.3, -0.25) is 14.6 Å². The molecule has 0 N–H and O–H groups in total. The van der Waals surface area contributed by atoms with Crippen LogP contribution in [0, 0.1) is 11.8 Å². The number of carbonyl (C=O) groups excluding carboxylic acids is 2. The maximum Gasteiger partial charge on any atom is 0.230 e. The van der Waals surface area contributed by atoms with E-state index in [1.807, 2.05) is 35.8 Å². The van der Waals surface area contributed by atoms with Crippen LogP contribution in [0.5, 0.6) is 0 Å². The summed E-state index contributed by atoms with van der Waals surface area (Å²) in [5.41, 5.74) is 0.244. The van der Waals surface area contributed by atoms with Gasteiger partial charge in [0.05, 0.1) is 31.0 Å². The third kappa shape index (κ3) is 2.84. The summed E-state index contributed by atoms with van der Waals surface area (Å²) in [6.07, 6.45) is 8.66. The van der Waals surface area contributed by atoms with E-state index >= 15 is 0 Å². The average Bonchev–Trinajstić information content (AvgIpc) is 3.50. The van der Waals surface area contributed by atoms with Crippen LogP contribution < -0.4 is 0 Å². The molecule has 2 unspecified atom stereocenters. The van der Waals surface area contributed by atoms with Gasteiger partial charge in [0, 0.05) is 32.5 Å². The third-order valence-electron chi connectivity index (χ3n) is 6.35. The molecule has 0 radical (unpaired) electrons. The molecule has 2 bridgehead atoms. The highest BCUT2D eigenvalue weighted by molar-refractivity contribution is 5.92. The van der Waals surface area contributed by atoms with Gasteiger partial charge in [-0.15, -0.1) is 10.2 Å². The summed E-state index contributed by atoms with van der Waals surface area (Å²) in [6, 6.07) is 3.80. The van der Waals surface area contributed by atoms with Crippen molar-refractivity contribution >= 4 is 11.8 Å². The Morgan fingerprint density at radius 2 is 2.30 bits per heavy atom. The zero-order valence-corrected chi connectivity index (χ0v) is 17.0. The first-order valence-corrected chi connectivity index (χ1v) is 10.2. The molecular formula is C21H24N6O3. The van der Waals surface area contributed by atoms with Crippen LogP contribution >= 0.6 is 0 Å². The van der Waals surface area contributed by atoms with Crippen LogP contribution in [0.3, 0.4) is 0 Å². The minimum atomic E-state index is -0.714. The van der Waals surface area contributed by atoms with Crippen molar-refractivity contribution in [1.82, 2.24) is 29.5 Å². The molecule has 2 fully saturated rings. The zero-order valence-electron chi connectivity index (χ0n) is 17.0. The molecule has 0 aliphatic carbocycles. The Morgan fingerprint density at radius 3 is 3.07 bits per heavy atom. The number of nitrogens with zero attached hydrogens (tertiary/aromatic N) is 6. The van der Waals surface area contributed by atoms with Crippen molar-refractivity contribution in [3.05, 3.63) is 54.4 Å². The molecule has 3 aliphatic heterocycles. The fourth-order valence-electron chi connectivity index (χ4n) is 4.92. The molecular weight excluding hydrogens is 384 g/mol. The average molecular weight is 408 g/mol. The summed E-state index contributed by atoms with van der Waals surface area (Å²) in [6.45, 7) is 3.99. The van der Waals surface area contributed by atoms with Crippen molar-refractivity contribution in [3.8, 4) is 0 Å². The molecule has 0 saturated carbocycles. The van der Waals surface area contributed by atoms with Crippen molar-refractivity contribution < 1.29 is 14.3 Å². The molecule has 5 rings (SSSR count). The highest BCUT2D eigenvalue weighted by atomic mass is 16.5. The molecule has 2 aromatic heterocycles. The number of pyridine rings is 1. The van der Waals surface area contributed by atoms with E-state index < -0.39 is 17.4 Å². The Morgan fingerprint density at radius 1 is 1.43 bits per heavy atom. The quantitative estimate of drug-likeness (QED) is 0.651. The zero-order chi connectivity index (χ0) is 20.9. The maximum absolute atomic E-state index is 13.4. The van der Waals surface area contributed by atoms with Crippen LogP contribution in [0.15, 0.2) is 43.0 Å². The van der Waals surface area contributed by atoms with Gasteiger partial charge in [-0.1, -0.05) is 18.2 Å². The lowest BCUT2D eigenvalue weighted by atomic mass is 9.76. The van der Waals surface area contributed by atoms with Crippen LogP contribution in [-0.4, -0.2) is 66.7 Å². The predicted molar refractivity (Wildman–Crippen MR) is 106 cm³/mol. The standard InChI is InChI=1S/C21H24N6O3/c1-3-26-13-23-24-16(26)11-25(2)19(28)17-15-6-7-21(30-15)12-27(20(29)18(17)21)10-14-5-4-8-22-9-14/h4-9,13,15,17-18H,3,10-12H2,1-2H3/t15-,17?,18?,21-/m0/s1. The number of hydrogen-bond donors (Lipinski definition) is 0. The fourth-order valence-corrected chi connectivity index (χ4v) is 4.92. The van der Waals surface area contributed by atoms with Gasteiger partial charge in [0.15, 0.2) is 5.82 Å². The van der Waals surface area contributed by atoms with E-state index in [4.69, 9.17) is 4.74 Å². The summed E-state index contributed by atoms with van der Waals surface area (Å²) in [5.74, 6) is -0.432. The number of hydrogen-bond acceptors (Lipinski definition) is 6. The van der Waals surface area contributed by atoms with Crippen molar-refractivity contribution in [3.63, 3.8) is 0 Å². The SMILES string of the molecule is CCn1cnnc1CN(C)C(=O)C1C2C(=O)N(Cc3cccnc3)C[C@@]23C=C[C@@H]1O3. The lowest BCUT2D eigenvalue weighted by molar-refractivity contribution is -0.143. The van der Waals surface area contributed by atoms with E-state index in [-0.39, 0.29) is 17.9 Å². The van der Waals surface area contributed by atoms with Gasteiger partial charge in [0.25, 0.3) is 0 Å². The first-order chi connectivity index (χ1) is 14.5. The second kappa shape index (κ2) is 7.02. The molecule has 5 heterocycles. The Labute approximate surface area is 174 Å². The van der Waals surface area contributed by atoms with Gasteiger partial charge in [0.1, 0.15) is 11.9 Å². The molecule has 9 heteroatoms. The number of aryl methyl sites for hydroxylation is 1. The van der Waals surface area contributed by atoms with Crippen LogP contribution in [-0.2, 0) is 34.0 Å². The number of rotatable bonds is 6. The summed E-state index contributed by atoms with van der Waals surface area (Å²) in [5, 5.41) is 8.04. The van der Waals surface area contributed by atoms with E-state index in [2.05, 4.69) is 15.2 Å². The first-order valence-electron chi connectivity index (χ1n) is 10.2. The van der Waals surface area contributed by atoms with Crippen LogP contribution in [0.1, 0.15) is 18.3 Å². The van der Waals surface area contributed by atoms with Gasteiger partial charge in [-0.25, -0.2) is 0 Å². The van der Waals surface area contributed by atoms with E-state index in [0.29, 0.717) is 19.6 Å². The molecule has 1 spiro atoms.